The van der Waals surface area contributed by atoms with Crippen LogP contribution in [0, 0.1) is 0 Å². The van der Waals surface area contributed by atoms with Gasteiger partial charge in [0.1, 0.15) is 5.17 Å². The van der Waals surface area contributed by atoms with Gasteiger partial charge in [-0.15, -0.1) is 0 Å². The van der Waals surface area contributed by atoms with E-state index < -0.39 is 0 Å². The van der Waals surface area contributed by atoms with Crippen LogP contribution in [0.4, 0.5) is 0 Å². The summed E-state index contributed by atoms with van der Waals surface area (Å²) in [6.45, 7) is 7.42. The SMILES string of the molecule is C=C/C(=C\N=C(/C)Cl)CC. The van der Waals surface area contributed by atoms with Crippen molar-refractivity contribution in [3.8, 4) is 0 Å². The molecule has 0 atom stereocenters. The summed E-state index contributed by atoms with van der Waals surface area (Å²) < 4.78 is 0. The standard InChI is InChI=1S/C8H12ClN/c1-4-8(5-2)6-10-7(3)9/h4,6H,1,5H2,2-3H3/b8-6+,10-7+. The van der Waals surface area contributed by atoms with Gasteiger partial charge in [-0.25, -0.2) is 4.99 Å². The van der Waals surface area contributed by atoms with Gasteiger partial charge in [-0.1, -0.05) is 31.2 Å². The number of aliphatic imine (C=N–C) groups is 1. The van der Waals surface area contributed by atoms with Gasteiger partial charge in [0.05, 0.1) is 0 Å². The van der Waals surface area contributed by atoms with Crippen LogP contribution in [0.1, 0.15) is 20.3 Å². The van der Waals surface area contributed by atoms with Crippen molar-refractivity contribution in [2.75, 3.05) is 0 Å². The van der Waals surface area contributed by atoms with Gasteiger partial charge in [-0.2, -0.15) is 0 Å². The molecule has 56 valence electrons. The first kappa shape index (κ1) is 9.44. The first-order valence-electron chi connectivity index (χ1n) is 3.22. The lowest BCUT2D eigenvalue weighted by Crippen LogP contribution is -1.75. The van der Waals surface area contributed by atoms with Gasteiger partial charge in [0.2, 0.25) is 0 Å². The highest BCUT2D eigenvalue weighted by Gasteiger charge is 1.83. The summed E-state index contributed by atoms with van der Waals surface area (Å²) in [6, 6.07) is 0. The van der Waals surface area contributed by atoms with E-state index in [-0.39, 0.29) is 0 Å². The maximum atomic E-state index is 5.51. The number of rotatable bonds is 3. The van der Waals surface area contributed by atoms with Crippen molar-refractivity contribution in [1.82, 2.24) is 0 Å². The van der Waals surface area contributed by atoms with Gasteiger partial charge in [0.25, 0.3) is 0 Å². The topological polar surface area (TPSA) is 12.4 Å². The maximum absolute atomic E-state index is 5.51. The van der Waals surface area contributed by atoms with Crippen molar-refractivity contribution in [2.45, 2.75) is 20.3 Å². The first-order valence-corrected chi connectivity index (χ1v) is 3.60. The quantitative estimate of drug-likeness (QED) is 0.441. The molecule has 0 radical (unpaired) electrons. The van der Waals surface area contributed by atoms with Crippen molar-refractivity contribution in [3.63, 3.8) is 0 Å². The lowest BCUT2D eigenvalue weighted by atomic mass is 10.2. The van der Waals surface area contributed by atoms with E-state index in [1.54, 1.807) is 19.2 Å². The van der Waals surface area contributed by atoms with E-state index >= 15 is 0 Å². The van der Waals surface area contributed by atoms with Gasteiger partial charge in [0.15, 0.2) is 0 Å². The molecule has 0 aliphatic rings. The van der Waals surface area contributed by atoms with Gasteiger partial charge < -0.3 is 0 Å². The Kier molecular flexibility index (Phi) is 4.95. The van der Waals surface area contributed by atoms with Gasteiger partial charge in [-0.05, 0) is 18.9 Å². The molecule has 0 aromatic heterocycles. The number of nitrogens with zero attached hydrogens (tertiary/aromatic N) is 1. The van der Waals surface area contributed by atoms with Crippen LogP contribution < -0.4 is 0 Å². The van der Waals surface area contributed by atoms with Crippen molar-refractivity contribution in [1.29, 1.82) is 0 Å². The molecular formula is C8H12ClN. The molecular weight excluding hydrogens is 146 g/mol. The molecule has 1 nitrogen and oxygen atoms in total. The third kappa shape index (κ3) is 4.33. The van der Waals surface area contributed by atoms with Crippen LogP contribution in [0.25, 0.3) is 0 Å². The Morgan fingerprint density at radius 2 is 2.30 bits per heavy atom. The van der Waals surface area contributed by atoms with Crippen molar-refractivity contribution in [3.05, 3.63) is 24.4 Å². The van der Waals surface area contributed by atoms with E-state index in [0.717, 1.165) is 12.0 Å². The fourth-order valence-corrected chi connectivity index (χ4v) is 0.509. The summed E-state index contributed by atoms with van der Waals surface area (Å²) in [5.41, 5.74) is 1.10. The first-order chi connectivity index (χ1) is 4.70. The Bertz CT molecular complexity index is 164. The molecule has 0 aliphatic heterocycles. The predicted molar refractivity (Wildman–Crippen MR) is 47.5 cm³/mol. The zero-order valence-corrected chi connectivity index (χ0v) is 7.15. The summed E-state index contributed by atoms with van der Waals surface area (Å²) >= 11 is 5.51. The molecule has 0 spiro atoms. The molecule has 0 amide bonds. The molecule has 0 saturated carbocycles. The normalized spacial score (nSPS) is 13.5. The van der Waals surface area contributed by atoms with Crippen molar-refractivity contribution in [2.24, 2.45) is 4.99 Å². The van der Waals surface area contributed by atoms with E-state index in [1.807, 2.05) is 6.92 Å². The van der Waals surface area contributed by atoms with Gasteiger partial charge in [-0.3, -0.25) is 0 Å². The van der Waals surface area contributed by atoms with E-state index in [2.05, 4.69) is 11.6 Å². The number of hydrogen-bond donors (Lipinski definition) is 0. The molecule has 10 heavy (non-hydrogen) atoms. The molecule has 2 heteroatoms. The summed E-state index contributed by atoms with van der Waals surface area (Å²) in [5.74, 6) is 0. The van der Waals surface area contributed by atoms with Crippen LogP contribution in [-0.4, -0.2) is 5.17 Å². The predicted octanol–water partition coefficient (Wildman–Crippen LogP) is 3.12. The average molecular weight is 158 g/mol. The zero-order valence-electron chi connectivity index (χ0n) is 6.39. The number of hydrogen-bond acceptors (Lipinski definition) is 1. The summed E-state index contributed by atoms with van der Waals surface area (Å²) in [7, 11) is 0. The molecule has 0 bridgehead atoms. The highest BCUT2D eigenvalue weighted by atomic mass is 35.5. The third-order valence-corrected chi connectivity index (χ3v) is 1.18. The smallest absolute Gasteiger partial charge is 0.103 e. The van der Waals surface area contributed by atoms with Crippen molar-refractivity contribution < 1.29 is 0 Å². The van der Waals surface area contributed by atoms with Crippen LogP contribution in [0.3, 0.4) is 0 Å². The van der Waals surface area contributed by atoms with E-state index in [4.69, 9.17) is 11.6 Å². The van der Waals surface area contributed by atoms with Crippen LogP contribution in [0.5, 0.6) is 0 Å². The maximum Gasteiger partial charge on any atom is 0.103 e. The average Bonchev–Trinajstić information content (AvgIpc) is 1.90. The van der Waals surface area contributed by atoms with Gasteiger partial charge in [0, 0.05) is 6.20 Å². The lowest BCUT2D eigenvalue weighted by Gasteiger charge is -1.90. The fourth-order valence-electron chi connectivity index (χ4n) is 0.460. The Morgan fingerprint density at radius 3 is 2.60 bits per heavy atom. The molecule has 0 unspecified atom stereocenters. The highest BCUT2D eigenvalue weighted by molar-refractivity contribution is 6.64. The number of allylic oxidation sites excluding steroid dienone is 2. The van der Waals surface area contributed by atoms with E-state index in [1.165, 1.54) is 0 Å². The van der Waals surface area contributed by atoms with Crippen LogP contribution >= 0.6 is 11.6 Å². The second-order valence-electron chi connectivity index (χ2n) is 1.89. The van der Waals surface area contributed by atoms with Crippen LogP contribution in [-0.2, 0) is 0 Å². The Hall–Kier alpha value is -0.560. The number of halogens is 1. The molecule has 0 heterocycles. The molecule has 0 rings (SSSR count). The molecule has 0 N–H and O–H groups in total. The van der Waals surface area contributed by atoms with Crippen molar-refractivity contribution >= 4 is 16.8 Å². The second kappa shape index (κ2) is 5.24. The highest BCUT2D eigenvalue weighted by Crippen LogP contribution is 2.01. The summed E-state index contributed by atoms with van der Waals surface area (Å²) in [5, 5.41) is 0.549. The molecule has 0 fully saturated rings. The van der Waals surface area contributed by atoms with E-state index in [9.17, 15) is 0 Å². The van der Waals surface area contributed by atoms with Crippen LogP contribution in [0.15, 0.2) is 29.4 Å². The lowest BCUT2D eigenvalue weighted by molar-refractivity contribution is 1.14. The largest absolute Gasteiger partial charge is 0.249 e. The third-order valence-electron chi connectivity index (χ3n) is 1.08. The molecule has 0 saturated heterocycles. The minimum Gasteiger partial charge on any atom is -0.249 e. The monoisotopic (exact) mass is 157 g/mol. The Balaban J connectivity index is 4.12. The minimum absolute atomic E-state index is 0.549. The molecule has 0 aromatic carbocycles. The van der Waals surface area contributed by atoms with Crippen LogP contribution in [0.2, 0.25) is 0 Å². The molecule has 0 aromatic rings. The van der Waals surface area contributed by atoms with E-state index in [0.29, 0.717) is 5.17 Å². The zero-order chi connectivity index (χ0) is 7.98. The second-order valence-corrected chi connectivity index (χ2v) is 2.43. The fraction of sp³-hybridized carbons (Fsp3) is 0.375. The summed E-state index contributed by atoms with van der Waals surface area (Å²) in [6.07, 6.45) is 4.45. The Morgan fingerprint density at radius 1 is 1.70 bits per heavy atom. The minimum atomic E-state index is 0.549. The molecule has 0 aliphatic carbocycles. The van der Waals surface area contributed by atoms with Gasteiger partial charge >= 0.3 is 0 Å². The summed E-state index contributed by atoms with van der Waals surface area (Å²) in [4.78, 5) is 3.92. The Labute approximate surface area is 67.1 Å².